The SMILES string of the molecule is Fc1ccc(-n2nncc2C2CCNC2)cc1. The molecule has 1 aliphatic heterocycles. The summed E-state index contributed by atoms with van der Waals surface area (Å²) in [4.78, 5) is 0. The van der Waals surface area contributed by atoms with Crippen LogP contribution in [0.4, 0.5) is 4.39 Å². The second-order valence-corrected chi connectivity index (χ2v) is 4.24. The molecule has 2 aromatic rings. The third-order valence-corrected chi connectivity index (χ3v) is 3.13. The Morgan fingerprint density at radius 3 is 2.82 bits per heavy atom. The van der Waals surface area contributed by atoms with E-state index < -0.39 is 0 Å². The van der Waals surface area contributed by atoms with Gasteiger partial charge in [-0.05, 0) is 37.2 Å². The molecule has 0 radical (unpaired) electrons. The highest BCUT2D eigenvalue weighted by atomic mass is 19.1. The Labute approximate surface area is 98.5 Å². The Bertz CT molecular complexity index is 499. The van der Waals surface area contributed by atoms with Crippen LogP contribution in [-0.2, 0) is 0 Å². The van der Waals surface area contributed by atoms with E-state index >= 15 is 0 Å². The number of nitrogens with zero attached hydrogens (tertiary/aromatic N) is 3. The summed E-state index contributed by atoms with van der Waals surface area (Å²) in [5.41, 5.74) is 1.94. The Kier molecular flexibility index (Phi) is 2.60. The summed E-state index contributed by atoms with van der Waals surface area (Å²) in [6.07, 6.45) is 2.88. The Hall–Kier alpha value is -1.75. The fraction of sp³-hybridized carbons (Fsp3) is 0.333. The molecular weight excluding hydrogens is 219 g/mol. The van der Waals surface area contributed by atoms with Crippen LogP contribution in [-0.4, -0.2) is 28.1 Å². The first-order valence-electron chi connectivity index (χ1n) is 5.72. The average molecular weight is 232 g/mol. The van der Waals surface area contributed by atoms with Gasteiger partial charge in [0.1, 0.15) is 5.82 Å². The normalized spacial score (nSPS) is 19.7. The van der Waals surface area contributed by atoms with Gasteiger partial charge in [-0.1, -0.05) is 5.21 Å². The topological polar surface area (TPSA) is 42.7 Å². The van der Waals surface area contributed by atoms with Gasteiger partial charge >= 0.3 is 0 Å². The maximum absolute atomic E-state index is 12.9. The van der Waals surface area contributed by atoms with Crippen LogP contribution in [0.15, 0.2) is 30.5 Å². The minimum absolute atomic E-state index is 0.238. The van der Waals surface area contributed by atoms with E-state index in [9.17, 15) is 4.39 Å². The number of benzene rings is 1. The molecule has 0 amide bonds. The van der Waals surface area contributed by atoms with E-state index in [1.165, 1.54) is 12.1 Å². The molecule has 3 rings (SSSR count). The van der Waals surface area contributed by atoms with Gasteiger partial charge in [-0.3, -0.25) is 0 Å². The van der Waals surface area contributed by atoms with E-state index in [1.54, 1.807) is 23.0 Å². The number of aromatic nitrogens is 3. The number of hydrogen-bond acceptors (Lipinski definition) is 3. The van der Waals surface area contributed by atoms with E-state index in [4.69, 9.17) is 0 Å². The molecule has 0 aliphatic carbocycles. The van der Waals surface area contributed by atoms with Crippen LogP contribution < -0.4 is 5.32 Å². The highest BCUT2D eigenvalue weighted by Gasteiger charge is 2.21. The van der Waals surface area contributed by atoms with Crippen LogP contribution in [0.25, 0.3) is 5.69 Å². The molecular formula is C12H13FN4. The van der Waals surface area contributed by atoms with Crippen molar-refractivity contribution in [2.75, 3.05) is 13.1 Å². The summed E-state index contributed by atoms with van der Waals surface area (Å²) in [5, 5.41) is 11.4. The summed E-state index contributed by atoms with van der Waals surface area (Å²) in [5.74, 6) is 0.202. The summed E-state index contributed by atoms with van der Waals surface area (Å²) in [6.45, 7) is 1.98. The number of rotatable bonds is 2. The van der Waals surface area contributed by atoms with Gasteiger partial charge < -0.3 is 5.32 Å². The Balaban J connectivity index is 1.97. The number of halogens is 1. The molecule has 4 nitrogen and oxygen atoms in total. The van der Waals surface area contributed by atoms with Gasteiger partial charge in [0.25, 0.3) is 0 Å². The fourth-order valence-corrected chi connectivity index (χ4v) is 2.21. The number of nitrogens with one attached hydrogen (secondary N) is 1. The highest BCUT2D eigenvalue weighted by molar-refractivity contribution is 5.33. The molecule has 1 N–H and O–H groups in total. The molecule has 2 heterocycles. The molecule has 1 unspecified atom stereocenters. The van der Waals surface area contributed by atoms with Gasteiger partial charge in [0.05, 0.1) is 17.6 Å². The van der Waals surface area contributed by atoms with Crippen molar-refractivity contribution in [2.24, 2.45) is 0 Å². The minimum atomic E-state index is -0.238. The monoisotopic (exact) mass is 232 g/mol. The maximum atomic E-state index is 12.9. The van der Waals surface area contributed by atoms with Crippen LogP contribution in [0.1, 0.15) is 18.0 Å². The molecule has 1 atom stereocenters. The first kappa shape index (κ1) is 10.4. The van der Waals surface area contributed by atoms with Crippen molar-refractivity contribution < 1.29 is 4.39 Å². The van der Waals surface area contributed by atoms with Crippen LogP contribution in [0, 0.1) is 5.82 Å². The minimum Gasteiger partial charge on any atom is -0.316 e. The lowest BCUT2D eigenvalue weighted by atomic mass is 10.1. The molecule has 17 heavy (non-hydrogen) atoms. The molecule has 0 saturated carbocycles. The molecule has 1 aliphatic rings. The van der Waals surface area contributed by atoms with Crippen LogP contribution in [0.5, 0.6) is 0 Å². The lowest BCUT2D eigenvalue weighted by Crippen LogP contribution is -2.11. The van der Waals surface area contributed by atoms with Gasteiger partial charge in [0.2, 0.25) is 0 Å². The van der Waals surface area contributed by atoms with E-state index in [0.717, 1.165) is 30.9 Å². The van der Waals surface area contributed by atoms with Gasteiger partial charge in [-0.25, -0.2) is 9.07 Å². The van der Waals surface area contributed by atoms with Crippen molar-refractivity contribution >= 4 is 0 Å². The van der Waals surface area contributed by atoms with Gasteiger partial charge in [-0.2, -0.15) is 0 Å². The van der Waals surface area contributed by atoms with Crippen molar-refractivity contribution in [3.05, 3.63) is 42.0 Å². The predicted octanol–water partition coefficient (Wildman–Crippen LogP) is 1.48. The van der Waals surface area contributed by atoms with Crippen LogP contribution in [0.2, 0.25) is 0 Å². The molecule has 1 fully saturated rings. The summed E-state index contributed by atoms with van der Waals surface area (Å²) in [6, 6.07) is 6.31. The second-order valence-electron chi connectivity index (χ2n) is 4.24. The van der Waals surface area contributed by atoms with Crippen molar-refractivity contribution in [3.63, 3.8) is 0 Å². The van der Waals surface area contributed by atoms with Gasteiger partial charge in [-0.15, -0.1) is 5.10 Å². The molecule has 0 spiro atoms. The summed E-state index contributed by atoms with van der Waals surface area (Å²) in [7, 11) is 0. The van der Waals surface area contributed by atoms with Crippen molar-refractivity contribution in [2.45, 2.75) is 12.3 Å². The van der Waals surface area contributed by atoms with Crippen LogP contribution in [0.3, 0.4) is 0 Å². The smallest absolute Gasteiger partial charge is 0.123 e. The summed E-state index contributed by atoms with van der Waals surface area (Å²) >= 11 is 0. The third kappa shape index (κ3) is 1.93. The molecule has 5 heteroatoms. The lowest BCUT2D eigenvalue weighted by molar-refractivity contribution is 0.625. The average Bonchev–Trinajstić information content (AvgIpc) is 3.00. The van der Waals surface area contributed by atoms with Crippen molar-refractivity contribution in [1.29, 1.82) is 0 Å². The molecule has 1 aromatic heterocycles. The standard InChI is InChI=1S/C12H13FN4/c13-10-1-3-11(4-2-10)17-12(8-15-16-17)9-5-6-14-7-9/h1-4,8-9,14H,5-7H2. The van der Waals surface area contributed by atoms with Crippen molar-refractivity contribution in [1.82, 2.24) is 20.3 Å². The Morgan fingerprint density at radius 2 is 2.12 bits per heavy atom. The molecule has 1 aromatic carbocycles. The van der Waals surface area contributed by atoms with E-state index in [-0.39, 0.29) is 5.82 Å². The molecule has 0 bridgehead atoms. The van der Waals surface area contributed by atoms with E-state index in [1.807, 2.05) is 0 Å². The third-order valence-electron chi connectivity index (χ3n) is 3.13. The van der Waals surface area contributed by atoms with E-state index in [2.05, 4.69) is 15.6 Å². The van der Waals surface area contributed by atoms with Gasteiger partial charge in [0.15, 0.2) is 0 Å². The first-order chi connectivity index (χ1) is 8.34. The molecule has 1 saturated heterocycles. The fourth-order valence-electron chi connectivity index (χ4n) is 2.21. The van der Waals surface area contributed by atoms with E-state index in [0.29, 0.717) is 5.92 Å². The largest absolute Gasteiger partial charge is 0.316 e. The zero-order valence-electron chi connectivity index (χ0n) is 9.31. The zero-order chi connectivity index (χ0) is 11.7. The quantitative estimate of drug-likeness (QED) is 0.853. The Morgan fingerprint density at radius 1 is 1.29 bits per heavy atom. The highest BCUT2D eigenvalue weighted by Crippen LogP contribution is 2.23. The zero-order valence-corrected chi connectivity index (χ0v) is 9.31. The van der Waals surface area contributed by atoms with Crippen molar-refractivity contribution in [3.8, 4) is 5.69 Å². The van der Waals surface area contributed by atoms with Crippen LogP contribution >= 0.6 is 0 Å². The van der Waals surface area contributed by atoms with Gasteiger partial charge in [0, 0.05) is 12.5 Å². The summed E-state index contributed by atoms with van der Waals surface area (Å²) < 4.78 is 14.7. The second kappa shape index (κ2) is 4.25. The molecule has 88 valence electrons. The number of hydrogen-bond donors (Lipinski definition) is 1. The lowest BCUT2D eigenvalue weighted by Gasteiger charge is -2.10. The maximum Gasteiger partial charge on any atom is 0.123 e. The predicted molar refractivity (Wildman–Crippen MR) is 61.5 cm³/mol. The first-order valence-corrected chi connectivity index (χ1v) is 5.72.